The monoisotopic (exact) mass is 773 g/mol. The number of ether oxygens (including phenoxy) is 4. The number of likely N-dealkylation sites (N-methyl/N-ethyl adjacent to an activating group) is 1. The van der Waals surface area contributed by atoms with Crippen molar-refractivity contribution in [2.24, 2.45) is 27.6 Å². The normalized spacial score (nSPS) is 34.4. The highest BCUT2D eigenvalue weighted by Crippen LogP contribution is 2.81. The summed E-state index contributed by atoms with van der Waals surface area (Å²) in [6.07, 6.45) is 7.17. The van der Waals surface area contributed by atoms with Crippen LogP contribution >= 0.6 is 24.0 Å². The smallest absolute Gasteiger partial charge is 0.344 e. The van der Waals surface area contributed by atoms with Gasteiger partial charge < -0.3 is 33.4 Å². The van der Waals surface area contributed by atoms with Crippen LogP contribution in [0.2, 0.25) is 5.02 Å². The summed E-state index contributed by atoms with van der Waals surface area (Å²) in [5.74, 6) is -1.61. The Labute approximate surface area is 321 Å². The van der Waals surface area contributed by atoms with Crippen LogP contribution in [0.1, 0.15) is 65.9 Å². The molecule has 2 saturated carbocycles. The van der Waals surface area contributed by atoms with Crippen LogP contribution in [-0.2, 0) is 33.4 Å². The van der Waals surface area contributed by atoms with Crippen molar-refractivity contribution in [2.45, 2.75) is 78.1 Å². The number of carbonyl (C=O) groups excluding carboxylic acids is 4. The van der Waals surface area contributed by atoms with E-state index in [1.165, 1.54) is 6.92 Å². The highest BCUT2D eigenvalue weighted by Gasteiger charge is 2.89. The standard InChI is InChI=1S/C28H32O7.C12H16ClNO3.ClH/c1-14(29)34-17-12-26(5)16(15-8-10-33-13-15)11-19-28(26,35-19)27(6)21(17)25(4)9-7-18(30)24(2,3)22(25)20(31)23(27)32;1-14(2)7-8-16-12(15)9-17-11-5-3-10(13)4-6-11;/h7-10,13,16-17,19,21,31H,11-12H2,1-6H3;3-6H,7-9H2,1-2H3;1H. The minimum atomic E-state index is -1.17. The van der Waals surface area contributed by atoms with Crippen molar-refractivity contribution in [2.75, 3.05) is 33.9 Å². The second-order valence-corrected chi connectivity index (χ2v) is 16.5. The van der Waals surface area contributed by atoms with Gasteiger partial charge in [-0.3, -0.25) is 14.4 Å². The molecule has 1 saturated heterocycles. The average molecular weight is 775 g/mol. The molecular weight excluding hydrogens is 725 g/mol. The van der Waals surface area contributed by atoms with E-state index < -0.39 is 51.0 Å². The van der Waals surface area contributed by atoms with Crippen molar-refractivity contribution >= 4 is 47.5 Å². The van der Waals surface area contributed by atoms with Crippen LogP contribution in [0, 0.1) is 27.6 Å². The van der Waals surface area contributed by atoms with Gasteiger partial charge in [0.15, 0.2) is 18.1 Å². The average Bonchev–Trinajstić information content (AvgIpc) is 3.43. The number of carbonyl (C=O) groups is 4. The summed E-state index contributed by atoms with van der Waals surface area (Å²) in [7, 11) is 3.83. The first-order valence-electron chi connectivity index (χ1n) is 17.6. The predicted molar refractivity (Wildman–Crippen MR) is 198 cm³/mol. The number of fused-ring (bicyclic) bond motifs is 3. The molecule has 13 heteroatoms. The Morgan fingerprint density at radius 1 is 1.06 bits per heavy atom. The number of nitrogens with zero attached hydrogens (tertiary/aromatic N) is 1. The van der Waals surface area contributed by atoms with Gasteiger partial charge >= 0.3 is 11.9 Å². The largest absolute Gasteiger partial charge is 0.504 e. The molecule has 3 fully saturated rings. The van der Waals surface area contributed by atoms with E-state index in [0.717, 1.165) is 5.56 Å². The van der Waals surface area contributed by atoms with Crippen LogP contribution in [0.4, 0.5) is 0 Å². The van der Waals surface area contributed by atoms with Gasteiger partial charge in [-0.2, -0.15) is 0 Å². The molecule has 288 valence electrons. The maximum absolute atomic E-state index is 14.3. The van der Waals surface area contributed by atoms with Gasteiger partial charge in [0.1, 0.15) is 24.1 Å². The van der Waals surface area contributed by atoms with Crippen molar-refractivity contribution < 1.29 is 47.6 Å². The van der Waals surface area contributed by atoms with E-state index >= 15 is 0 Å². The fourth-order valence-corrected chi connectivity index (χ4v) is 10.4. The van der Waals surface area contributed by atoms with E-state index in [4.69, 9.17) is 35.0 Å². The number of halogens is 2. The molecule has 1 spiro atoms. The van der Waals surface area contributed by atoms with E-state index in [1.807, 2.05) is 38.9 Å². The third kappa shape index (κ3) is 6.31. The fraction of sp³-hybridized carbons (Fsp3) is 0.550. The van der Waals surface area contributed by atoms with E-state index in [-0.39, 0.29) is 48.5 Å². The van der Waals surface area contributed by atoms with Gasteiger partial charge in [0.05, 0.1) is 29.5 Å². The number of esters is 2. The van der Waals surface area contributed by atoms with Crippen molar-refractivity contribution in [1.29, 1.82) is 0 Å². The summed E-state index contributed by atoms with van der Waals surface area (Å²) < 4.78 is 28.1. The van der Waals surface area contributed by atoms with Gasteiger partial charge in [-0.1, -0.05) is 31.5 Å². The molecule has 0 bridgehead atoms. The first-order chi connectivity index (χ1) is 24.3. The molecule has 0 amide bonds. The molecule has 8 unspecified atom stereocenters. The molecule has 1 aromatic carbocycles. The van der Waals surface area contributed by atoms with Gasteiger partial charge in [0.2, 0.25) is 5.78 Å². The number of Topliss-reactive ketones (excluding diaryl/α,β-unsaturated/α-hetero) is 1. The maximum atomic E-state index is 14.3. The van der Waals surface area contributed by atoms with Crippen LogP contribution in [0.25, 0.3) is 0 Å². The first kappa shape index (κ1) is 40.5. The molecule has 2 aromatic rings. The molecule has 1 aliphatic heterocycles. The van der Waals surface area contributed by atoms with E-state index in [9.17, 15) is 24.3 Å². The number of rotatable bonds is 8. The van der Waals surface area contributed by atoms with E-state index in [0.29, 0.717) is 42.3 Å². The van der Waals surface area contributed by atoms with Crippen LogP contribution < -0.4 is 4.74 Å². The van der Waals surface area contributed by atoms with Gasteiger partial charge in [0.25, 0.3) is 0 Å². The Hall–Kier alpha value is -3.64. The minimum absolute atomic E-state index is 0. The summed E-state index contributed by atoms with van der Waals surface area (Å²) in [6.45, 7) is 11.8. The zero-order valence-corrected chi connectivity index (χ0v) is 33.0. The number of aliphatic hydroxyl groups excluding tert-OH is 1. The zero-order valence-electron chi connectivity index (χ0n) is 31.4. The number of hydrogen-bond donors (Lipinski definition) is 1. The van der Waals surface area contributed by atoms with Gasteiger partial charge in [0, 0.05) is 35.2 Å². The molecule has 1 N–H and O–H groups in total. The molecule has 4 aliphatic carbocycles. The number of epoxide rings is 1. The number of ketones is 2. The second kappa shape index (κ2) is 14.2. The van der Waals surface area contributed by atoms with Crippen molar-refractivity contribution in [1.82, 2.24) is 4.90 Å². The van der Waals surface area contributed by atoms with Crippen molar-refractivity contribution in [3.05, 3.63) is 76.9 Å². The lowest BCUT2D eigenvalue weighted by molar-refractivity contribution is -0.200. The Morgan fingerprint density at radius 3 is 2.34 bits per heavy atom. The lowest BCUT2D eigenvalue weighted by Crippen LogP contribution is -2.70. The van der Waals surface area contributed by atoms with E-state index in [2.05, 4.69) is 6.92 Å². The lowest BCUT2D eigenvalue weighted by atomic mass is 9.38. The number of benzene rings is 1. The third-order valence-electron chi connectivity index (χ3n) is 12.3. The van der Waals surface area contributed by atoms with Crippen LogP contribution in [-0.4, -0.2) is 85.2 Å². The summed E-state index contributed by atoms with van der Waals surface area (Å²) >= 11 is 5.72. The van der Waals surface area contributed by atoms with Crippen molar-refractivity contribution in [3.8, 4) is 5.75 Å². The number of hydrogen-bond acceptors (Lipinski definition) is 11. The maximum Gasteiger partial charge on any atom is 0.344 e. The molecule has 11 nitrogen and oxygen atoms in total. The third-order valence-corrected chi connectivity index (χ3v) is 12.6. The Kier molecular flexibility index (Phi) is 10.9. The molecular formula is C40H49Cl2NO10. The lowest BCUT2D eigenvalue weighted by Gasteiger charge is -2.64. The van der Waals surface area contributed by atoms with Crippen molar-refractivity contribution in [3.63, 3.8) is 0 Å². The number of furan rings is 1. The van der Waals surface area contributed by atoms with Crippen LogP contribution in [0.3, 0.4) is 0 Å². The Balaban J connectivity index is 0.000000256. The summed E-state index contributed by atoms with van der Waals surface area (Å²) in [5.41, 5.74) is -3.06. The predicted octanol–water partition coefficient (Wildman–Crippen LogP) is 6.68. The molecule has 8 atom stereocenters. The van der Waals surface area contributed by atoms with Gasteiger partial charge in [-0.25, -0.2) is 4.79 Å². The van der Waals surface area contributed by atoms with Gasteiger partial charge in [-0.15, -0.1) is 12.4 Å². The number of aliphatic hydroxyl groups is 1. The van der Waals surface area contributed by atoms with E-state index in [1.54, 1.807) is 62.8 Å². The fourth-order valence-electron chi connectivity index (χ4n) is 10.3. The highest BCUT2D eigenvalue weighted by atomic mass is 35.5. The number of allylic oxidation sites excluding steroid dienone is 4. The van der Waals surface area contributed by atoms with Crippen LogP contribution in [0.15, 0.2) is 70.8 Å². The molecule has 2 heterocycles. The molecule has 1 aromatic heterocycles. The highest BCUT2D eigenvalue weighted by molar-refractivity contribution is 6.30. The molecule has 7 rings (SSSR count). The topological polar surface area (TPSA) is 145 Å². The molecule has 0 radical (unpaired) electrons. The Bertz CT molecular complexity index is 1820. The summed E-state index contributed by atoms with van der Waals surface area (Å²) in [4.78, 5) is 52.8. The first-order valence-corrected chi connectivity index (χ1v) is 18.0. The Morgan fingerprint density at radius 2 is 1.74 bits per heavy atom. The minimum Gasteiger partial charge on any atom is -0.504 e. The van der Waals surface area contributed by atoms with Crippen LogP contribution in [0.5, 0.6) is 5.75 Å². The second-order valence-electron chi connectivity index (χ2n) is 16.1. The SMILES string of the molecule is CC(=O)OC1CC2(C)C(c3ccoc3)CC3OC32C2(C)C(=O)C(O)=C3C(C)(C)C(=O)C=CC3(C)C12.CN(C)CCOC(=O)COc1ccc(Cl)cc1.Cl. The quantitative estimate of drug-likeness (QED) is 0.227. The zero-order chi connectivity index (χ0) is 38.0. The van der Waals surface area contributed by atoms with Gasteiger partial charge in [-0.05, 0) is 101 Å². The molecule has 53 heavy (non-hydrogen) atoms. The summed E-state index contributed by atoms with van der Waals surface area (Å²) in [6, 6.07) is 8.76. The molecule has 5 aliphatic rings. The summed E-state index contributed by atoms with van der Waals surface area (Å²) in [5, 5.41) is 12.1.